The first-order chi connectivity index (χ1) is 15.8. The van der Waals surface area contributed by atoms with Crippen molar-refractivity contribution in [2.45, 2.75) is 6.42 Å². The van der Waals surface area contributed by atoms with Crippen LogP contribution in [0.1, 0.15) is 23.1 Å². The number of benzene rings is 4. The Morgan fingerprint density at radius 2 is 1.24 bits per heavy atom. The minimum absolute atomic E-state index is 0. The summed E-state index contributed by atoms with van der Waals surface area (Å²) in [5.74, 6) is 0. The van der Waals surface area contributed by atoms with Crippen molar-refractivity contribution in [3.8, 4) is 0 Å². The van der Waals surface area contributed by atoms with E-state index < -0.39 is 0 Å². The van der Waals surface area contributed by atoms with Gasteiger partial charge in [0.25, 0.3) is 0 Å². The summed E-state index contributed by atoms with van der Waals surface area (Å²) in [6.45, 7) is 0. The van der Waals surface area contributed by atoms with E-state index in [0.29, 0.717) is 0 Å². The summed E-state index contributed by atoms with van der Waals surface area (Å²) in [6.07, 6.45) is 7.65. The molecular formula is C31H23Cl2Zr-. The quantitative estimate of drug-likeness (QED) is 0.297. The summed E-state index contributed by atoms with van der Waals surface area (Å²) < 4.78 is 1.42. The fraction of sp³-hybridized carbons (Fsp3) is 0.0323. The summed E-state index contributed by atoms with van der Waals surface area (Å²) in [5.41, 5.74) is 5.47. The summed E-state index contributed by atoms with van der Waals surface area (Å²) in [5, 5.41) is 5.46. The van der Waals surface area contributed by atoms with Gasteiger partial charge in [-0.05, 0) is 6.42 Å². The van der Waals surface area contributed by atoms with Crippen LogP contribution in [0, 0.1) is 0 Å². The van der Waals surface area contributed by atoms with Crippen molar-refractivity contribution in [1.82, 2.24) is 0 Å². The van der Waals surface area contributed by atoms with Crippen LogP contribution < -0.4 is 24.8 Å². The van der Waals surface area contributed by atoms with Gasteiger partial charge in [0, 0.05) is 0 Å². The Kier molecular flexibility index (Phi) is 9.48. The van der Waals surface area contributed by atoms with Crippen LogP contribution in [0.4, 0.5) is 0 Å². The molecule has 0 N–H and O–H groups in total. The van der Waals surface area contributed by atoms with Crippen molar-refractivity contribution in [2.75, 3.05) is 0 Å². The van der Waals surface area contributed by atoms with E-state index in [2.05, 4.69) is 127 Å². The maximum atomic E-state index is 2.32. The Morgan fingerprint density at radius 1 is 0.647 bits per heavy atom. The Labute approximate surface area is 228 Å². The van der Waals surface area contributed by atoms with Gasteiger partial charge < -0.3 is 24.8 Å². The van der Waals surface area contributed by atoms with Crippen LogP contribution in [-0.2, 0) is 24.2 Å². The summed E-state index contributed by atoms with van der Waals surface area (Å²) in [7, 11) is 0. The van der Waals surface area contributed by atoms with Gasteiger partial charge in [-0.25, -0.2) is 0 Å². The SMILES string of the molecule is C1=CCC(c2cccc3c2[cH-]c2ccccc23)=C1.[Cl-].[Cl-].[Zr+2]=[C](c1ccccc1)c1ccccc1. The number of fused-ring (bicyclic) bond motifs is 3. The molecule has 0 bridgehead atoms. The normalized spacial score (nSPS) is 11.8. The third-order valence-electron chi connectivity index (χ3n) is 5.90. The fourth-order valence-corrected chi connectivity index (χ4v) is 5.10. The van der Waals surface area contributed by atoms with Gasteiger partial charge in [-0.15, -0.1) is 33.7 Å². The molecule has 0 saturated carbocycles. The number of rotatable bonds is 3. The molecular weight excluding hydrogens is 534 g/mol. The molecule has 0 fully saturated rings. The first kappa shape index (κ1) is 26.2. The van der Waals surface area contributed by atoms with Crippen molar-refractivity contribution in [3.63, 3.8) is 0 Å². The molecule has 6 rings (SSSR count). The van der Waals surface area contributed by atoms with Gasteiger partial charge in [-0.2, -0.15) is 0 Å². The van der Waals surface area contributed by atoms with Gasteiger partial charge in [-0.1, -0.05) is 65.8 Å². The van der Waals surface area contributed by atoms with E-state index in [-0.39, 0.29) is 24.8 Å². The Balaban J connectivity index is 0.000000186. The molecule has 0 unspecified atom stereocenters. The van der Waals surface area contributed by atoms with Crippen LogP contribution in [-0.4, -0.2) is 3.21 Å². The van der Waals surface area contributed by atoms with E-state index in [1.165, 1.54) is 71.2 Å². The van der Waals surface area contributed by atoms with Crippen molar-refractivity contribution in [1.29, 1.82) is 0 Å². The second-order valence-corrected chi connectivity index (χ2v) is 9.16. The average molecular weight is 558 g/mol. The zero-order valence-corrected chi connectivity index (χ0v) is 22.6. The van der Waals surface area contributed by atoms with Gasteiger partial charge in [0.2, 0.25) is 0 Å². The number of halogens is 2. The molecule has 1 aliphatic rings. The van der Waals surface area contributed by atoms with Gasteiger partial charge in [0.05, 0.1) is 0 Å². The predicted molar refractivity (Wildman–Crippen MR) is 135 cm³/mol. The van der Waals surface area contributed by atoms with Crippen molar-refractivity contribution in [2.24, 2.45) is 0 Å². The van der Waals surface area contributed by atoms with Crippen molar-refractivity contribution < 1.29 is 49.0 Å². The van der Waals surface area contributed by atoms with E-state index in [1.807, 2.05) is 0 Å². The van der Waals surface area contributed by atoms with Crippen LogP contribution in [0.3, 0.4) is 0 Å². The van der Waals surface area contributed by atoms with Crippen LogP contribution >= 0.6 is 0 Å². The molecule has 0 saturated heterocycles. The molecule has 0 atom stereocenters. The molecule has 3 heteroatoms. The Bertz CT molecular complexity index is 1400. The average Bonchev–Trinajstić information content (AvgIpc) is 3.53. The topological polar surface area (TPSA) is 0 Å². The second kappa shape index (κ2) is 12.3. The minimum atomic E-state index is 0. The molecule has 0 aromatic heterocycles. The molecule has 0 heterocycles. The first-order valence-corrected chi connectivity index (χ1v) is 12.2. The monoisotopic (exact) mass is 555 g/mol. The predicted octanol–water partition coefficient (Wildman–Crippen LogP) is 1.87. The third kappa shape index (κ3) is 5.61. The van der Waals surface area contributed by atoms with E-state index in [9.17, 15) is 0 Å². The van der Waals surface area contributed by atoms with Crippen LogP contribution in [0.2, 0.25) is 0 Å². The number of hydrogen-bond donors (Lipinski definition) is 0. The number of hydrogen-bond acceptors (Lipinski definition) is 0. The summed E-state index contributed by atoms with van der Waals surface area (Å²) >= 11 is 1.46. The Morgan fingerprint density at radius 3 is 1.85 bits per heavy atom. The van der Waals surface area contributed by atoms with E-state index in [0.717, 1.165) is 6.42 Å². The van der Waals surface area contributed by atoms with Crippen molar-refractivity contribution in [3.05, 3.63) is 144 Å². The molecule has 5 aromatic carbocycles. The molecule has 5 aromatic rings. The summed E-state index contributed by atoms with van der Waals surface area (Å²) in [4.78, 5) is 0. The summed E-state index contributed by atoms with van der Waals surface area (Å²) in [6, 6.07) is 38.7. The van der Waals surface area contributed by atoms with E-state index in [1.54, 1.807) is 0 Å². The van der Waals surface area contributed by atoms with Crippen LogP contribution in [0.15, 0.2) is 127 Å². The molecule has 0 radical (unpaired) electrons. The molecule has 166 valence electrons. The molecule has 0 nitrogen and oxygen atoms in total. The van der Waals surface area contributed by atoms with Gasteiger partial charge in [-0.3, -0.25) is 0 Å². The molecule has 0 amide bonds. The van der Waals surface area contributed by atoms with Crippen molar-refractivity contribution >= 4 is 30.3 Å². The zero-order valence-electron chi connectivity index (χ0n) is 18.6. The molecule has 0 aliphatic heterocycles. The second-order valence-electron chi connectivity index (χ2n) is 7.93. The van der Waals surface area contributed by atoms with E-state index >= 15 is 0 Å². The van der Waals surface area contributed by atoms with E-state index in [4.69, 9.17) is 0 Å². The van der Waals surface area contributed by atoms with Gasteiger partial charge in [0.1, 0.15) is 0 Å². The fourth-order valence-electron chi connectivity index (χ4n) is 4.28. The number of allylic oxidation sites excluding steroid dienone is 4. The first-order valence-electron chi connectivity index (χ1n) is 10.9. The van der Waals surface area contributed by atoms with Crippen LogP contribution in [0.25, 0.3) is 27.1 Å². The third-order valence-corrected chi connectivity index (χ3v) is 7.32. The van der Waals surface area contributed by atoms with Gasteiger partial charge in [0.15, 0.2) is 0 Å². The maximum absolute atomic E-state index is 2.32. The Hall–Kier alpha value is -2.44. The molecule has 0 spiro atoms. The van der Waals surface area contributed by atoms with Crippen LogP contribution in [0.5, 0.6) is 0 Å². The molecule has 1 aliphatic carbocycles. The zero-order chi connectivity index (χ0) is 21.8. The standard InChI is InChI=1S/C18H13.C13H10.2ClH.Zr/c1-2-7-13(6-1)15-10-5-11-17-16-9-4-3-8-14(16)12-18(15)17;1-3-7-12(8-4-1)11-13-9-5-2-6-10-13;;;/h1-6,8-12H,7H2;1-10H;2*1H;/q-1;;;;+2/p-2. The molecule has 34 heavy (non-hydrogen) atoms. The van der Waals surface area contributed by atoms with Gasteiger partial charge >= 0.3 is 99.2 Å².